The standard InChI is InChI=1S/C14H26N2OS/c1-16(10-12-3-2-6-15-12)13-4-7-17-14(9-13)5-8-18-11-14/h12-13,15H,2-11H2,1H3. The molecular weight excluding hydrogens is 244 g/mol. The second-order valence-corrected chi connectivity index (χ2v) is 7.32. The van der Waals surface area contributed by atoms with E-state index in [4.69, 9.17) is 4.74 Å². The van der Waals surface area contributed by atoms with Gasteiger partial charge < -0.3 is 15.0 Å². The molecule has 3 aliphatic heterocycles. The average molecular weight is 270 g/mol. The van der Waals surface area contributed by atoms with E-state index in [2.05, 4.69) is 29.0 Å². The maximum atomic E-state index is 6.11. The minimum Gasteiger partial charge on any atom is -0.374 e. The van der Waals surface area contributed by atoms with Crippen molar-refractivity contribution in [3.8, 4) is 0 Å². The zero-order valence-corrected chi connectivity index (χ0v) is 12.3. The second kappa shape index (κ2) is 5.70. The van der Waals surface area contributed by atoms with Crippen LogP contribution < -0.4 is 5.32 Å². The predicted octanol–water partition coefficient (Wildman–Crippen LogP) is 1.72. The Hall–Kier alpha value is 0.230. The van der Waals surface area contributed by atoms with Crippen LogP contribution >= 0.6 is 11.8 Å². The molecule has 3 unspecified atom stereocenters. The van der Waals surface area contributed by atoms with Gasteiger partial charge in [0.1, 0.15) is 0 Å². The van der Waals surface area contributed by atoms with Crippen LogP contribution in [0.4, 0.5) is 0 Å². The molecule has 1 spiro atoms. The van der Waals surface area contributed by atoms with Crippen LogP contribution in [0.2, 0.25) is 0 Å². The fraction of sp³-hybridized carbons (Fsp3) is 1.00. The lowest BCUT2D eigenvalue weighted by atomic mass is 9.89. The Morgan fingerprint density at radius 1 is 1.44 bits per heavy atom. The molecule has 104 valence electrons. The van der Waals surface area contributed by atoms with E-state index < -0.39 is 0 Å². The van der Waals surface area contributed by atoms with Crippen molar-refractivity contribution in [1.29, 1.82) is 0 Å². The molecule has 0 saturated carbocycles. The SMILES string of the molecule is CN(CC1CCCN1)C1CCOC2(CCSC2)C1. The van der Waals surface area contributed by atoms with E-state index in [1.807, 2.05) is 0 Å². The summed E-state index contributed by atoms with van der Waals surface area (Å²) in [6.07, 6.45) is 6.45. The molecule has 0 radical (unpaired) electrons. The lowest BCUT2D eigenvalue weighted by Gasteiger charge is -2.42. The number of nitrogens with zero attached hydrogens (tertiary/aromatic N) is 1. The number of likely N-dealkylation sites (N-methyl/N-ethyl adjacent to an activating group) is 1. The average Bonchev–Trinajstić information content (AvgIpc) is 3.02. The Labute approximate surface area is 115 Å². The molecule has 3 aliphatic rings. The van der Waals surface area contributed by atoms with Gasteiger partial charge in [-0.2, -0.15) is 11.8 Å². The van der Waals surface area contributed by atoms with E-state index in [9.17, 15) is 0 Å². The van der Waals surface area contributed by atoms with Crippen LogP contribution in [0.1, 0.15) is 32.1 Å². The highest BCUT2D eigenvalue weighted by atomic mass is 32.2. The molecule has 3 atom stereocenters. The van der Waals surface area contributed by atoms with Crippen LogP contribution in [0.5, 0.6) is 0 Å². The maximum Gasteiger partial charge on any atom is 0.0795 e. The van der Waals surface area contributed by atoms with Gasteiger partial charge in [-0.1, -0.05) is 0 Å². The number of thioether (sulfide) groups is 1. The fourth-order valence-corrected chi connectivity index (χ4v) is 5.03. The number of rotatable bonds is 3. The summed E-state index contributed by atoms with van der Waals surface area (Å²) in [5.74, 6) is 2.51. The van der Waals surface area contributed by atoms with Gasteiger partial charge in [0.15, 0.2) is 0 Å². The van der Waals surface area contributed by atoms with Crippen molar-refractivity contribution >= 4 is 11.8 Å². The zero-order chi connectivity index (χ0) is 12.4. The van der Waals surface area contributed by atoms with Gasteiger partial charge in [-0.3, -0.25) is 0 Å². The summed E-state index contributed by atoms with van der Waals surface area (Å²) in [6.45, 7) is 3.40. The number of hydrogen-bond donors (Lipinski definition) is 1. The molecule has 0 amide bonds. The molecule has 3 rings (SSSR count). The smallest absolute Gasteiger partial charge is 0.0795 e. The highest BCUT2D eigenvalue weighted by molar-refractivity contribution is 7.99. The van der Waals surface area contributed by atoms with E-state index in [0.29, 0.717) is 0 Å². The van der Waals surface area contributed by atoms with Crippen LogP contribution in [0, 0.1) is 0 Å². The molecule has 0 aliphatic carbocycles. The van der Waals surface area contributed by atoms with Gasteiger partial charge in [0.25, 0.3) is 0 Å². The summed E-state index contributed by atoms with van der Waals surface area (Å²) in [5, 5.41) is 3.61. The normalized spacial score (nSPS) is 41.0. The Morgan fingerprint density at radius 3 is 3.11 bits per heavy atom. The third-order valence-electron chi connectivity index (χ3n) is 4.83. The van der Waals surface area contributed by atoms with E-state index in [1.165, 1.54) is 56.7 Å². The first-order valence-corrected chi connectivity index (χ1v) is 8.58. The molecular formula is C14H26N2OS. The van der Waals surface area contributed by atoms with E-state index in [-0.39, 0.29) is 5.60 Å². The molecule has 3 nitrogen and oxygen atoms in total. The lowest BCUT2D eigenvalue weighted by molar-refractivity contribution is -0.0869. The minimum absolute atomic E-state index is 0.227. The first-order valence-electron chi connectivity index (χ1n) is 7.43. The van der Waals surface area contributed by atoms with Gasteiger partial charge in [-0.25, -0.2) is 0 Å². The van der Waals surface area contributed by atoms with Crippen molar-refractivity contribution in [2.24, 2.45) is 0 Å². The topological polar surface area (TPSA) is 24.5 Å². The Kier molecular flexibility index (Phi) is 4.18. The molecule has 1 N–H and O–H groups in total. The monoisotopic (exact) mass is 270 g/mol. The van der Waals surface area contributed by atoms with Crippen LogP contribution in [0.3, 0.4) is 0 Å². The fourth-order valence-electron chi connectivity index (χ4n) is 3.65. The van der Waals surface area contributed by atoms with Crippen molar-refractivity contribution in [3.63, 3.8) is 0 Å². The Bertz CT molecular complexity index is 275. The first-order chi connectivity index (χ1) is 8.77. The van der Waals surface area contributed by atoms with Gasteiger partial charge in [-0.05, 0) is 51.4 Å². The minimum atomic E-state index is 0.227. The number of nitrogens with one attached hydrogen (secondary N) is 1. The summed E-state index contributed by atoms with van der Waals surface area (Å²) in [7, 11) is 2.31. The summed E-state index contributed by atoms with van der Waals surface area (Å²) in [5.41, 5.74) is 0.227. The van der Waals surface area contributed by atoms with Crippen molar-refractivity contribution < 1.29 is 4.74 Å². The molecule has 3 heterocycles. The number of hydrogen-bond acceptors (Lipinski definition) is 4. The Balaban J connectivity index is 1.54. The van der Waals surface area contributed by atoms with Crippen molar-refractivity contribution in [2.45, 2.75) is 49.8 Å². The van der Waals surface area contributed by atoms with Gasteiger partial charge in [0, 0.05) is 31.0 Å². The van der Waals surface area contributed by atoms with E-state index in [1.54, 1.807) is 0 Å². The molecule has 4 heteroatoms. The highest BCUT2D eigenvalue weighted by Gasteiger charge is 2.41. The van der Waals surface area contributed by atoms with Crippen molar-refractivity contribution in [3.05, 3.63) is 0 Å². The van der Waals surface area contributed by atoms with Crippen LogP contribution in [-0.4, -0.2) is 60.8 Å². The van der Waals surface area contributed by atoms with Crippen molar-refractivity contribution in [1.82, 2.24) is 10.2 Å². The van der Waals surface area contributed by atoms with Crippen LogP contribution in [0.15, 0.2) is 0 Å². The van der Waals surface area contributed by atoms with Crippen LogP contribution in [-0.2, 0) is 4.74 Å². The zero-order valence-electron chi connectivity index (χ0n) is 11.5. The predicted molar refractivity (Wildman–Crippen MR) is 77.3 cm³/mol. The molecule has 0 aromatic rings. The number of ether oxygens (including phenoxy) is 1. The van der Waals surface area contributed by atoms with Crippen LogP contribution in [0.25, 0.3) is 0 Å². The summed E-state index contributed by atoms with van der Waals surface area (Å²) in [6, 6.07) is 1.46. The summed E-state index contributed by atoms with van der Waals surface area (Å²) >= 11 is 2.07. The van der Waals surface area contributed by atoms with Crippen molar-refractivity contribution in [2.75, 3.05) is 38.2 Å². The summed E-state index contributed by atoms with van der Waals surface area (Å²) in [4.78, 5) is 2.59. The van der Waals surface area contributed by atoms with Gasteiger partial charge in [0.05, 0.1) is 5.60 Å². The quantitative estimate of drug-likeness (QED) is 0.844. The third kappa shape index (κ3) is 2.87. The maximum absolute atomic E-state index is 6.11. The second-order valence-electron chi connectivity index (χ2n) is 6.21. The molecule has 3 fully saturated rings. The molecule has 0 aromatic carbocycles. The molecule has 0 aromatic heterocycles. The largest absolute Gasteiger partial charge is 0.374 e. The van der Waals surface area contributed by atoms with Gasteiger partial charge in [0.2, 0.25) is 0 Å². The third-order valence-corrected chi connectivity index (χ3v) is 6.05. The van der Waals surface area contributed by atoms with Gasteiger partial charge >= 0.3 is 0 Å². The molecule has 18 heavy (non-hydrogen) atoms. The lowest BCUT2D eigenvalue weighted by Crippen LogP contribution is -2.50. The first kappa shape index (κ1) is 13.2. The van der Waals surface area contributed by atoms with E-state index in [0.717, 1.165) is 18.7 Å². The molecule has 3 saturated heterocycles. The Morgan fingerprint density at radius 2 is 2.39 bits per heavy atom. The molecule has 0 bridgehead atoms. The van der Waals surface area contributed by atoms with Gasteiger partial charge in [-0.15, -0.1) is 0 Å². The highest BCUT2D eigenvalue weighted by Crippen LogP contribution is 2.39. The van der Waals surface area contributed by atoms with E-state index >= 15 is 0 Å². The summed E-state index contributed by atoms with van der Waals surface area (Å²) < 4.78 is 6.11.